The maximum absolute atomic E-state index is 4.83. The summed E-state index contributed by atoms with van der Waals surface area (Å²) in [4.78, 5) is 0. The van der Waals surface area contributed by atoms with Gasteiger partial charge in [0.25, 0.3) is 0 Å². The van der Waals surface area contributed by atoms with Crippen LogP contribution in [0, 0.1) is 0 Å². The van der Waals surface area contributed by atoms with Crippen molar-refractivity contribution in [3.8, 4) is 0 Å². The Bertz CT molecular complexity index is 717. The van der Waals surface area contributed by atoms with Crippen LogP contribution >= 0.6 is 0 Å². The van der Waals surface area contributed by atoms with Crippen LogP contribution in [0.5, 0.6) is 0 Å². The van der Waals surface area contributed by atoms with Gasteiger partial charge in [-0.25, -0.2) is 0 Å². The van der Waals surface area contributed by atoms with Gasteiger partial charge in [-0.2, -0.15) is 71.2 Å². The van der Waals surface area contributed by atoms with Crippen LogP contribution in [0.4, 0.5) is 0 Å². The summed E-state index contributed by atoms with van der Waals surface area (Å²) in [6, 6.07) is 0. The second kappa shape index (κ2) is 124. The van der Waals surface area contributed by atoms with Gasteiger partial charge in [0.15, 0.2) is 0 Å². The maximum atomic E-state index is 4.83. The molecule has 0 unspecified atom stereocenters. The molecule has 696 valence electrons. The first-order valence-electron chi connectivity index (χ1n) is 25.6. The quantitative estimate of drug-likeness (QED) is 0.167. The molecule has 0 aliphatic rings. The van der Waals surface area contributed by atoms with Gasteiger partial charge < -0.3 is 189 Å². The fourth-order valence-electron chi connectivity index (χ4n) is 0. The zero-order valence-corrected chi connectivity index (χ0v) is 122. The molecule has 0 nitrogen and oxygen atoms in total. The summed E-state index contributed by atoms with van der Waals surface area (Å²) < 4.78 is 1.25. The Balaban J connectivity index is -0.0000000116. The van der Waals surface area contributed by atoms with E-state index in [1.807, 2.05) is 312 Å². The van der Waals surface area contributed by atoms with Gasteiger partial charge in [-0.3, -0.25) is 0 Å². The van der Waals surface area contributed by atoms with Crippen molar-refractivity contribution in [1.82, 2.24) is 0 Å². The predicted molar refractivity (Wildman–Crippen MR) is 407 cm³/mol. The third-order valence-corrected chi connectivity index (χ3v) is 0. The van der Waals surface area contributed by atoms with Gasteiger partial charge in [0.05, 0.1) is 0 Å². The number of rotatable bonds is 0. The Morgan fingerprint density at radius 3 is 0.0938 bits per heavy atom. The molecule has 0 rings (SSSR count). The van der Waals surface area contributed by atoms with Crippen LogP contribution in [-0.2, 0) is 659 Å². The van der Waals surface area contributed by atoms with E-state index in [0.717, 1.165) is 0 Å². The second-order valence-electron chi connectivity index (χ2n) is 31.7. The van der Waals surface area contributed by atoms with E-state index in [2.05, 4.69) is 0 Å². The van der Waals surface area contributed by atoms with E-state index in [1.165, 1.54) is 0 Å². The largest absolute Gasteiger partial charge is 1.00 e. The van der Waals surface area contributed by atoms with Crippen LogP contribution < -0.4 is 0 Å². The van der Waals surface area contributed by atoms with E-state index in [-0.39, 0.29) is 541 Å². The monoisotopic (exact) mass is 5380 g/mol. The fourth-order valence-corrected chi connectivity index (χ4v) is 0. The summed E-state index contributed by atoms with van der Waals surface area (Å²) in [6.07, 6.45) is 0. The third-order valence-electron chi connectivity index (χ3n) is 0. The smallest absolute Gasteiger partial charge is 0.787 e. The van der Waals surface area contributed by atoms with Crippen molar-refractivity contribution >= 4 is 189 Å². The molecule has 0 atom stereocenters. The van der Waals surface area contributed by atoms with Crippen LogP contribution in [0.15, 0.2) is 0 Å². The van der Waals surface area contributed by atoms with Crippen molar-refractivity contribution in [2.45, 2.75) is 383 Å². The van der Waals surface area contributed by atoms with Crippen molar-refractivity contribution in [3.05, 3.63) is 0 Å². The van der Waals surface area contributed by atoms with Gasteiger partial charge in [0, 0.05) is 134 Å². The van der Waals surface area contributed by atoms with Crippen LogP contribution in [0.2, 0.25) is 0 Å². The zero-order valence-electron chi connectivity index (χ0n) is 65.0. The molecule has 36 heteroatoms. The average molecular weight is 5380 g/mol. The van der Waals surface area contributed by atoms with Crippen LogP contribution in [-0.4, -0.2) is 71.2 Å². The van der Waals surface area contributed by atoms with Crippen LogP contribution in [0.25, 0.3) is 0 Å². The Morgan fingerprint density at radius 1 is 0.0938 bits per heavy atom. The maximum Gasteiger partial charge on any atom is 1.00 e. The molecule has 96 heavy (non-hydrogen) atoms. The molecule has 0 aliphatic heterocycles. The average Bonchev–Trinajstić information content (AvgIpc) is 2.65. The van der Waals surface area contributed by atoms with E-state index in [9.17, 15) is 0 Å². The zero-order chi connectivity index (χ0) is 67.5. The van der Waals surface area contributed by atoms with E-state index in [0.29, 0.717) is 0 Å². The molecular formula is C60H135AgAu20S15. The van der Waals surface area contributed by atoms with Crippen molar-refractivity contribution in [1.29, 1.82) is 0 Å². The molecule has 0 bridgehead atoms. The first-order chi connectivity index (χ1) is 30.0. The molecular weight excluding hydrogens is 5250 g/mol. The topological polar surface area (TPSA) is 0 Å². The first kappa shape index (κ1) is 240. The molecule has 0 aromatic rings. The minimum atomic E-state index is 0. The Labute approximate surface area is 1020 Å². The molecule has 0 saturated heterocycles. The second-order valence-corrected chi connectivity index (χ2v) is 50.1. The van der Waals surface area contributed by atoms with Gasteiger partial charge in [0.1, 0.15) is 0 Å². The van der Waals surface area contributed by atoms with Crippen LogP contribution in [0.3, 0.4) is 0 Å². The molecule has 0 fully saturated rings. The van der Waals surface area contributed by atoms with Crippen molar-refractivity contribution < 1.29 is 470 Å². The SMILES string of the molecule is CC(C)(C)[S-].CC(C)(C)[S-].CC(C)(C)[S-].CC(C)(C)[S-].CC(C)(C)[S-].CC(C)(C)[S-].CC(C)(C)[S-].CC(C)(C)[S-].CC(C)(C)[S-].CC(C)(C)[S-].CC(C)(C)[S-].CC(C)(C)[S-].CC(C)(C)[S-].CC(C)(C)[S-].CC(C)(C)[S-].[Ag+].[Au+].[Au+].[Au+].[Au+].[Au+].[Au+].[Au+].[Au+].[Au+].[Au+].[Au+].[Au+].[Au+].[Au+].[Au].[Au].[Au].[Au].[Au].[Au]. The first-order valence-corrected chi connectivity index (χ1v) is 31.7. The molecule has 0 aromatic heterocycles. The van der Waals surface area contributed by atoms with Gasteiger partial charge in [-0.1, -0.05) is 312 Å². The van der Waals surface area contributed by atoms with E-state index >= 15 is 0 Å². The molecule has 0 spiro atoms. The number of hydrogen-bond donors (Lipinski definition) is 0. The van der Waals surface area contributed by atoms with E-state index < -0.39 is 0 Å². The van der Waals surface area contributed by atoms with Crippen LogP contribution in [0.1, 0.15) is 312 Å². The molecule has 0 amide bonds. The molecule has 6 radical (unpaired) electrons. The molecule has 0 heterocycles. The molecule has 0 aliphatic carbocycles. The summed E-state index contributed by atoms with van der Waals surface area (Å²) in [5.41, 5.74) is 0. The van der Waals surface area contributed by atoms with E-state index in [1.54, 1.807) is 0 Å². The summed E-state index contributed by atoms with van der Waals surface area (Å²) in [5, 5.41) is 0. The summed E-state index contributed by atoms with van der Waals surface area (Å²) in [7, 11) is 0. The molecule has 0 aromatic carbocycles. The van der Waals surface area contributed by atoms with Crippen molar-refractivity contribution in [2.75, 3.05) is 0 Å². The Hall–Kier alpha value is 20.8. The van der Waals surface area contributed by atoms with Crippen molar-refractivity contribution in [3.63, 3.8) is 0 Å². The Kier molecular flexibility index (Phi) is 311. The van der Waals surface area contributed by atoms with Gasteiger partial charge in [0.2, 0.25) is 0 Å². The normalized spacial score (nSPS) is 9.38. The van der Waals surface area contributed by atoms with Gasteiger partial charge in [-0.05, 0) is 0 Å². The Morgan fingerprint density at radius 2 is 0.0938 bits per heavy atom. The summed E-state index contributed by atoms with van der Waals surface area (Å²) in [6.45, 7) is 90.1. The minimum Gasteiger partial charge on any atom is -0.787 e. The van der Waals surface area contributed by atoms with Gasteiger partial charge in [-0.15, -0.1) is 0 Å². The van der Waals surface area contributed by atoms with Gasteiger partial charge >= 0.3 is 336 Å². The summed E-state index contributed by atoms with van der Waals surface area (Å²) >= 11 is 72.4. The number of hydrogen-bond acceptors (Lipinski definition) is 15. The predicted octanol–water partition coefficient (Wildman–Crippen LogP) is 19.9. The fraction of sp³-hybridized carbons (Fsp3) is 1.00. The molecule has 0 N–H and O–H groups in total. The van der Waals surface area contributed by atoms with Crippen molar-refractivity contribution in [2.24, 2.45) is 0 Å². The third kappa shape index (κ3) is 3440. The minimum absolute atomic E-state index is 0. The molecule has 0 saturated carbocycles. The van der Waals surface area contributed by atoms with E-state index in [4.69, 9.17) is 189 Å². The standard InChI is InChI=1S/15C4H10S.Ag.20Au/c15*1-4(2,3)5;;;;;;;;;;;;;;;;;;;;;/h15*5H,1-3H3;;;;;;;;;;;;;;;;;;;;;/q;;;;;;;;;;;;;;;+1;;;;;;;14*+1/p-15. The summed E-state index contributed by atoms with van der Waals surface area (Å²) in [5.74, 6) is 0.